The number of nitrogens with one attached hydrogen (secondary N) is 2. The van der Waals surface area contributed by atoms with E-state index in [-0.39, 0.29) is 11.6 Å². The van der Waals surface area contributed by atoms with Gasteiger partial charge in [0.1, 0.15) is 23.1 Å². The van der Waals surface area contributed by atoms with Crippen LogP contribution in [0.4, 0.5) is 37.6 Å². The van der Waals surface area contributed by atoms with Gasteiger partial charge in [-0.25, -0.2) is 13.8 Å². The van der Waals surface area contributed by atoms with Crippen molar-refractivity contribution >= 4 is 28.8 Å². The lowest BCUT2D eigenvalue weighted by atomic mass is 10.2. The van der Waals surface area contributed by atoms with Crippen molar-refractivity contribution in [2.75, 3.05) is 29.6 Å². The molecule has 0 unspecified atom stereocenters. The molecule has 0 saturated carbocycles. The maximum Gasteiger partial charge on any atom is 0.229 e. The van der Waals surface area contributed by atoms with E-state index in [2.05, 4.69) is 20.6 Å². The summed E-state index contributed by atoms with van der Waals surface area (Å²) in [6, 6.07) is 13.2. The maximum atomic E-state index is 13.8. The van der Waals surface area contributed by atoms with E-state index in [9.17, 15) is 8.78 Å². The third-order valence-electron chi connectivity index (χ3n) is 3.71. The van der Waals surface area contributed by atoms with Crippen LogP contribution in [0.25, 0.3) is 0 Å². The molecule has 1 aromatic heterocycles. The number of para-hydroxylation sites is 1. The van der Waals surface area contributed by atoms with Crippen molar-refractivity contribution in [3.63, 3.8) is 0 Å². The van der Waals surface area contributed by atoms with E-state index in [1.165, 1.54) is 18.2 Å². The van der Waals surface area contributed by atoms with Crippen LogP contribution in [-0.2, 0) is 0 Å². The van der Waals surface area contributed by atoms with Gasteiger partial charge in [0, 0.05) is 37.2 Å². The molecule has 0 aliphatic rings. The highest BCUT2D eigenvalue weighted by molar-refractivity contribution is 5.63. The molecule has 26 heavy (non-hydrogen) atoms. The summed E-state index contributed by atoms with van der Waals surface area (Å²) in [5, 5.41) is 5.78. The first-order valence-electron chi connectivity index (χ1n) is 8.03. The van der Waals surface area contributed by atoms with Crippen LogP contribution in [-0.4, -0.2) is 24.1 Å². The van der Waals surface area contributed by atoms with Crippen LogP contribution in [0.5, 0.6) is 0 Å². The fourth-order valence-corrected chi connectivity index (χ4v) is 2.41. The Balaban J connectivity index is 1.83. The zero-order chi connectivity index (χ0) is 18.7. The summed E-state index contributed by atoms with van der Waals surface area (Å²) in [5.41, 5.74) is 2.30. The van der Waals surface area contributed by atoms with E-state index in [1.54, 1.807) is 13.0 Å². The third-order valence-corrected chi connectivity index (χ3v) is 3.71. The Labute approximate surface area is 150 Å². The monoisotopic (exact) mass is 355 g/mol. The second-order valence-electron chi connectivity index (χ2n) is 6.01. The molecule has 0 radical (unpaired) electrons. The number of rotatable bonds is 5. The number of aromatic nitrogens is 2. The molecule has 3 rings (SSSR count). The van der Waals surface area contributed by atoms with Crippen molar-refractivity contribution < 1.29 is 8.78 Å². The van der Waals surface area contributed by atoms with Crippen LogP contribution in [0.3, 0.4) is 0 Å². The SMILES string of the molecule is Cc1cc(Nc2ccc(N(C)C)cc2)nc(Nc2c(F)cccc2F)n1. The van der Waals surface area contributed by atoms with Gasteiger partial charge in [-0.3, -0.25) is 0 Å². The lowest BCUT2D eigenvalue weighted by Gasteiger charge is -2.14. The van der Waals surface area contributed by atoms with Crippen molar-refractivity contribution in [2.45, 2.75) is 6.92 Å². The molecule has 0 aliphatic heterocycles. The standard InChI is InChI=1S/C19H19F2N5/c1-12-11-17(23-13-7-9-14(10-8-13)26(2)3)24-19(22-12)25-18-15(20)5-4-6-16(18)21/h4-11H,1-3H3,(H2,22,23,24,25). The van der Waals surface area contributed by atoms with Crippen molar-refractivity contribution in [3.8, 4) is 0 Å². The molecule has 1 heterocycles. The summed E-state index contributed by atoms with van der Waals surface area (Å²) in [6.45, 7) is 1.78. The Hall–Kier alpha value is -3.22. The van der Waals surface area contributed by atoms with Crippen molar-refractivity contribution in [1.29, 1.82) is 0 Å². The van der Waals surface area contributed by atoms with Gasteiger partial charge in [-0.1, -0.05) is 6.07 Å². The summed E-state index contributed by atoms with van der Waals surface area (Å²) in [5.74, 6) is -0.774. The minimum absolute atomic E-state index is 0.112. The molecular formula is C19H19F2N5. The second-order valence-corrected chi connectivity index (χ2v) is 6.01. The highest BCUT2D eigenvalue weighted by Gasteiger charge is 2.11. The fourth-order valence-electron chi connectivity index (χ4n) is 2.41. The summed E-state index contributed by atoms with van der Waals surface area (Å²) in [4.78, 5) is 10.5. The van der Waals surface area contributed by atoms with Gasteiger partial charge in [0.15, 0.2) is 0 Å². The Kier molecular flexibility index (Phi) is 4.97. The van der Waals surface area contributed by atoms with Gasteiger partial charge in [0.25, 0.3) is 0 Å². The summed E-state index contributed by atoms with van der Waals surface area (Å²) in [6.07, 6.45) is 0. The predicted molar refractivity (Wildman–Crippen MR) is 100 cm³/mol. The quantitative estimate of drug-likeness (QED) is 0.700. The summed E-state index contributed by atoms with van der Waals surface area (Å²) >= 11 is 0. The van der Waals surface area contributed by atoms with E-state index >= 15 is 0 Å². The number of halogens is 2. The zero-order valence-electron chi connectivity index (χ0n) is 14.7. The van der Waals surface area contributed by atoms with E-state index in [1.807, 2.05) is 43.3 Å². The Bertz CT molecular complexity index is 890. The largest absolute Gasteiger partial charge is 0.378 e. The Morgan fingerprint density at radius 2 is 1.54 bits per heavy atom. The zero-order valence-corrected chi connectivity index (χ0v) is 14.7. The van der Waals surface area contributed by atoms with Crippen molar-refractivity contribution in [3.05, 3.63) is 65.9 Å². The molecule has 5 nitrogen and oxygen atoms in total. The minimum atomic E-state index is -0.705. The van der Waals surface area contributed by atoms with E-state index in [4.69, 9.17) is 0 Å². The molecule has 3 aromatic rings. The van der Waals surface area contributed by atoms with Crippen LogP contribution in [0.1, 0.15) is 5.69 Å². The Morgan fingerprint density at radius 1 is 0.885 bits per heavy atom. The van der Waals surface area contributed by atoms with Crippen molar-refractivity contribution in [2.24, 2.45) is 0 Å². The molecule has 0 amide bonds. The average Bonchev–Trinajstić information content (AvgIpc) is 2.58. The molecule has 2 aromatic carbocycles. The molecule has 0 fully saturated rings. The Morgan fingerprint density at radius 3 is 2.15 bits per heavy atom. The smallest absolute Gasteiger partial charge is 0.229 e. The number of hydrogen-bond acceptors (Lipinski definition) is 5. The fraction of sp³-hybridized carbons (Fsp3) is 0.158. The second kappa shape index (κ2) is 7.35. The molecule has 0 bridgehead atoms. The average molecular weight is 355 g/mol. The first kappa shape index (κ1) is 17.6. The van der Waals surface area contributed by atoms with Gasteiger partial charge >= 0.3 is 0 Å². The van der Waals surface area contributed by atoms with E-state index < -0.39 is 11.6 Å². The van der Waals surface area contributed by atoms with Crippen molar-refractivity contribution in [1.82, 2.24) is 9.97 Å². The molecule has 0 aliphatic carbocycles. The summed E-state index contributed by atoms with van der Waals surface area (Å²) < 4.78 is 27.6. The first-order chi connectivity index (χ1) is 12.4. The molecule has 0 saturated heterocycles. The van der Waals surface area contributed by atoms with Gasteiger partial charge in [0.2, 0.25) is 5.95 Å². The number of benzene rings is 2. The third kappa shape index (κ3) is 4.05. The molecule has 7 heteroatoms. The van der Waals surface area contributed by atoms with E-state index in [0.29, 0.717) is 11.5 Å². The van der Waals surface area contributed by atoms with Gasteiger partial charge in [0.05, 0.1) is 0 Å². The van der Waals surface area contributed by atoms with Gasteiger partial charge in [-0.2, -0.15) is 4.98 Å². The van der Waals surface area contributed by atoms with Gasteiger partial charge in [-0.05, 0) is 43.3 Å². The molecule has 2 N–H and O–H groups in total. The number of hydrogen-bond donors (Lipinski definition) is 2. The number of anilines is 5. The predicted octanol–water partition coefficient (Wildman–Crippen LogP) is 4.62. The molecule has 0 spiro atoms. The summed E-state index contributed by atoms with van der Waals surface area (Å²) in [7, 11) is 3.94. The van der Waals surface area contributed by atoms with Crippen LogP contribution < -0.4 is 15.5 Å². The highest BCUT2D eigenvalue weighted by Crippen LogP contribution is 2.24. The molecule has 0 atom stereocenters. The normalized spacial score (nSPS) is 10.5. The number of aryl methyl sites for hydroxylation is 1. The van der Waals surface area contributed by atoms with Crippen LogP contribution in [0.15, 0.2) is 48.5 Å². The maximum absolute atomic E-state index is 13.8. The lowest BCUT2D eigenvalue weighted by molar-refractivity contribution is 0.590. The van der Waals surface area contributed by atoms with Crippen LogP contribution >= 0.6 is 0 Å². The van der Waals surface area contributed by atoms with Gasteiger partial charge in [-0.15, -0.1) is 0 Å². The minimum Gasteiger partial charge on any atom is -0.378 e. The molecule has 134 valence electrons. The first-order valence-corrected chi connectivity index (χ1v) is 8.03. The highest BCUT2D eigenvalue weighted by atomic mass is 19.1. The van der Waals surface area contributed by atoms with Crippen LogP contribution in [0, 0.1) is 18.6 Å². The van der Waals surface area contributed by atoms with Crippen LogP contribution in [0.2, 0.25) is 0 Å². The topological polar surface area (TPSA) is 53.1 Å². The van der Waals surface area contributed by atoms with Gasteiger partial charge < -0.3 is 15.5 Å². The van der Waals surface area contributed by atoms with E-state index in [0.717, 1.165) is 11.4 Å². The number of nitrogens with zero attached hydrogens (tertiary/aromatic N) is 3. The molecular weight excluding hydrogens is 336 g/mol. The lowest BCUT2D eigenvalue weighted by Crippen LogP contribution is -2.08.